The smallest absolute Gasteiger partial charge is 0.358 e. The second-order valence-corrected chi connectivity index (χ2v) is 2.57. The van der Waals surface area contributed by atoms with Crippen molar-refractivity contribution in [3.8, 4) is 0 Å². The summed E-state index contributed by atoms with van der Waals surface area (Å²) in [5.41, 5.74) is 0.0161. The monoisotopic (exact) mass is 199 g/mol. The van der Waals surface area contributed by atoms with E-state index in [0.717, 1.165) is 10.9 Å². The third kappa shape index (κ3) is 1.70. The maximum absolute atomic E-state index is 11.1. The van der Waals surface area contributed by atoms with Gasteiger partial charge in [-0.05, 0) is 6.92 Å². The third-order valence-corrected chi connectivity index (χ3v) is 1.69. The first-order valence-electron chi connectivity index (χ1n) is 3.79. The summed E-state index contributed by atoms with van der Waals surface area (Å²) in [7, 11) is 1.20. The quantitative estimate of drug-likeness (QED) is 0.672. The largest absolute Gasteiger partial charge is 0.480 e. The van der Waals surface area contributed by atoms with E-state index in [4.69, 9.17) is 5.11 Å². The number of ether oxygens (including phenoxy) is 1. The lowest BCUT2D eigenvalue weighted by Gasteiger charge is -2.07. The van der Waals surface area contributed by atoms with E-state index in [9.17, 15) is 9.59 Å². The fraction of sp³-hybridized carbons (Fsp3) is 0.429. The van der Waals surface area contributed by atoms with Gasteiger partial charge in [0.05, 0.1) is 13.3 Å². The van der Waals surface area contributed by atoms with Crippen molar-refractivity contribution >= 4 is 11.9 Å². The van der Waals surface area contributed by atoms with Crippen molar-refractivity contribution < 1.29 is 19.4 Å². The topological polar surface area (TPSA) is 94.3 Å². The Kier molecular flexibility index (Phi) is 2.80. The summed E-state index contributed by atoms with van der Waals surface area (Å²) in [6, 6.07) is -0.952. The van der Waals surface area contributed by atoms with Crippen LogP contribution in [0.1, 0.15) is 23.5 Å². The average Bonchev–Trinajstić information content (AvgIpc) is 2.63. The minimum atomic E-state index is -1.10. The van der Waals surface area contributed by atoms with Crippen molar-refractivity contribution in [2.75, 3.05) is 7.11 Å². The lowest BCUT2D eigenvalue weighted by molar-refractivity contribution is -0.140. The number of aromatic nitrogens is 3. The molecule has 0 aliphatic heterocycles. The highest BCUT2D eigenvalue weighted by Crippen LogP contribution is 2.08. The molecule has 1 heterocycles. The van der Waals surface area contributed by atoms with Crippen molar-refractivity contribution in [3.63, 3.8) is 0 Å². The lowest BCUT2D eigenvalue weighted by Crippen LogP contribution is -2.21. The Morgan fingerprint density at radius 1 is 1.64 bits per heavy atom. The average molecular weight is 199 g/mol. The number of carboxylic acid groups (broad SMARTS) is 1. The summed E-state index contributed by atoms with van der Waals surface area (Å²) in [6.07, 6.45) is 1.16. The van der Waals surface area contributed by atoms with Gasteiger partial charge in [-0.15, -0.1) is 5.10 Å². The highest BCUT2D eigenvalue weighted by atomic mass is 16.5. The number of nitrogens with zero attached hydrogens (tertiary/aromatic N) is 3. The van der Waals surface area contributed by atoms with Gasteiger partial charge in [0.25, 0.3) is 0 Å². The molecule has 76 valence electrons. The first-order chi connectivity index (χ1) is 6.57. The maximum Gasteiger partial charge on any atom is 0.358 e. The number of hydrogen-bond donors (Lipinski definition) is 1. The summed E-state index contributed by atoms with van der Waals surface area (Å²) in [4.78, 5) is 21.7. The molecule has 0 unspecified atom stereocenters. The number of methoxy groups -OCH3 is 1. The first-order valence-corrected chi connectivity index (χ1v) is 3.79. The highest BCUT2D eigenvalue weighted by Gasteiger charge is 2.22. The molecular weight excluding hydrogens is 190 g/mol. The highest BCUT2D eigenvalue weighted by molar-refractivity contribution is 5.87. The van der Waals surface area contributed by atoms with E-state index in [0.29, 0.717) is 0 Å². The van der Waals surface area contributed by atoms with Crippen LogP contribution in [-0.4, -0.2) is 39.1 Å². The molecule has 0 spiro atoms. The number of carbonyl (C=O) groups is 2. The van der Waals surface area contributed by atoms with Crippen LogP contribution in [0.15, 0.2) is 6.20 Å². The molecule has 0 saturated carbocycles. The van der Waals surface area contributed by atoms with E-state index in [1.54, 1.807) is 0 Å². The third-order valence-electron chi connectivity index (χ3n) is 1.69. The molecule has 0 amide bonds. The molecule has 0 radical (unpaired) electrons. The minimum absolute atomic E-state index is 0.0161. The molecule has 1 aromatic rings. The molecule has 0 aromatic carbocycles. The number of rotatable bonds is 3. The molecule has 1 atom stereocenters. The molecule has 1 N–H and O–H groups in total. The molecule has 7 heteroatoms. The van der Waals surface area contributed by atoms with Crippen molar-refractivity contribution in [1.29, 1.82) is 0 Å². The van der Waals surface area contributed by atoms with Gasteiger partial charge in [-0.1, -0.05) is 5.21 Å². The lowest BCUT2D eigenvalue weighted by atomic mass is 10.3. The maximum atomic E-state index is 11.1. The number of hydrogen-bond acceptors (Lipinski definition) is 5. The number of esters is 1. The van der Waals surface area contributed by atoms with Crippen molar-refractivity contribution in [1.82, 2.24) is 15.0 Å². The van der Waals surface area contributed by atoms with E-state index in [1.807, 2.05) is 0 Å². The Morgan fingerprint density at radius 3 is 2.79 bits per heavy atom. The molecule has 0 aliphatic rings. The first kappa shape index (κ1) is 10.2. The molecular formula is C7H9N3O4. The molecule has 1 rings (SSSR count). The van der Waals surface area contributed by atoms with Gasteiger partial charge in [-0.2, -0.15) is 0 Å². The van der Waals surface area contributed by atoms with E-state index in [2.05, 4.69) is 15.0 Å². The van der Waals surface area contributed by atoms with Crippen molar-refractivity contribution in [3.05, 3.63) is 11.9 Å². The van der Waals surface area contributed by atoms with Crippen LogP contribution in [0, 0.1) is 0 Å². The second-order valence-electron chi connectivity index (χ2n) is 2.57. The Labute approximate surface area is 79.3 Å². The van der Waals surface area contributed by atoms with Crippen LogP contribution in [0.4, 0.5) is 0 Å². The van der Waals surface area contributed by atoms with Crippen LogP contribution >= 0.6 is 0 Å². The predicted molar refractivity (Wildman–Crippen MR) is 43.7 cm³/mol. The predicted octanol–water partition coefficient (Wildman–Crippen LogP) is -0.290. The van der Waals surface area contributed by atoms with Gasteiger partial charge in [0.15, 0.2) is 5.69 Å². The zero-order valence-electron chi connectivity index (χ0n) is 7.67. The molecule has 14 heavy (non-hydrogen) atoms. The van der Waals surface area contributed by atoms with E-state index in [1.165, 1.54) is 14.0 Å². The zero-order chi connectivity index (χ0) is 10.7. The van der Waals surface area contributed by atoms with Gasteiger partial charge in [0, 0.05) is 0 Å². The summed E-state index contributed by atoms with van der Waals surface area (Å²) in [6.45, 7) is 1.39. The van der Waals surface area contributed by atoms with Crippen LogP contribution in [0.2, 0.25) is 0 Å². The minimum Gasteiger partial charge on any atom is -0.480 e. The van der Waals surface area contributed by atoms with Gasteiger partial charge in [0.1, 0.15) is 6.04 Å². The van der Waals surface area contributed by atoms with Crippen molar-refractivity contribution in [2.24, 2.45) is 0 Å². The molecule has 1 aromatic heterocycles. The van der Waals surface area contributed by atoms with Crippen LogP contribution in [0.5, 0.6) is 0 Å². The summed E-state index contributed by atoms with van der Waals surface area (Å²) < 4.78 is 5.43. The Bertz CT molecular complexity index is 360. The molecule has 0 bridgehead atoms. The van der Waals surface area contributed by atoms with E-state index in [-0.39, 0.29) is 5.69 Å². The van der Waals surface area contributed by atoms with Gasteiger partial charge in [-0.25, -0.2) is 14.3 Å². The summed E-state index contributed by atoms with van der Waals surface area (Å²) >= 11 is 0. The van der Waals surface area contributed by atoms with Gasteiger partial charge in [-0.3, -0.25) is 0 Å². The fourth-order valence-electron chi connectivity index (χ4n) is 0.885. The van der Waals surface area contributed by atoms with Crippen LogP contribution < -0.4 is 0 Å². The summed E-state index contributed by atoms with van der Waals surface area (Å²) in [5.74, 6) is -1.76. The molecule has 0 saturated heterocycles. The van der Waals surface area contributed by atoms with E-state index < -0.39 is 18.0 Å². The fourth-order valence-corrected chi connectivity index (χ4v) is 0.885. The number of carbonyl (C=O) groups excluding carboxylic acids is 1. The SMILES string of the molecule is COC(=O)c1cnnn1[C@H](C)C(=O)O. The van der Waals surface area contributed by atoms with Crippen molar-refractivity contribution in [2.45, 2.75) is 13.0 Å². The summed E-state index contributed by atoms with van der Waals surface area (Å²) in [5, 5.41) is 15.6. The molecule has 7 nitrogen and oxygen atoms in total. The molecule has 0 aliphatic carbocycles. The zero-order valence-corrected chi connectivity index (χ0v) is 7.67. The van der Waals surface area contributed by atoms with Crippen LogP contribution in [0.25, 0.3) is 0 Å². The molecule has 0 fully saturated rings. The Balaban J connectivity index is 3.04. The van der Waals surface area contributed by atoms with Gasteiger partial charge in [0.2, 0.25) is 0 Å². The normalized spacial score (nSPS) is 12.1. The Morgan fingerprint density at radius 2 is 2.29 bits per heavy atom. The van der Waals surface area contributed by atoms with Crippen LogP contribution in [0.3, 0.4) is 0 Å². The second kappa shape index (κ2) is 3.86. The van der Waals surface area contributed by atoms with Gasteiger partial charge < -0.3 is 9.84 Å². The van der Waals surface area contributed by atoms with Gasteiger partial charge >= 0.3 is 11.9 Å². The van der Waals surface area contributed by atoms with E-state index >= 15 is 0 Å². The number of aliphatic carboxylic acids is 1. The number of carboxylic acids is 1. The standard InChI is InChI=1S/C7H9N3O4/c1-4(6(11)12)10-5(3-8-9-10)7(13)14-2/h3-4H,1-2H3,(H,11,12)/t4-/m1/s1. The van der Waals surface area contributed by atoms with Crippen LogP contribution in [-0.2, 0) is 9.53 Å². The Hall–Kier alpha value is -1.92.